The third-order valence-corrected chi connectivity index (χ3v) is 4.38. The highest BCUT2D eigenvalue weighted by Gasteiger charge is 2.20. The van der Waals surface area contributed by atoms with Crippen LogP contribution in [-0.4, -0.2) is 60.3 Å². The fraction of sp³-hybridized carbons (Fsp3) is 0.500. The normalized spacial score (nSPS) is 18.6. The first-order valence-electron chi connectivity index (χ1n) is 8.69. The number of nitrogens with one attached hydrogen (secondary N) is 2. The van der Waals surface area contributed by atoms with Crippen molar-refractivity contribution in [1.82, 2.24) is 19.9 Å². The van der Waals surface area contributed by atoms with E-state index in [0.29, 0.717) is 5.92 Å². The highest BCUT2D eigenvalue weighted by molar-refractivity contribution is 5.42. The number of nitrogens with zero attached hydrogens (tertiary/aromatic N) is 4. The summed E-state index contributed by atoms with van der Waals surface area (Å²) in [4.78, 5) is 15.7. The van der Waals surface area contributed by atoms with Crippen molar-refractivity contribution in [3.8, 4) is 0 Å². The van der Waals surface area contributed by atoms with Gasteiger partial charge in [-0.1, -0.05) is 6.07 Å². The van der Waals surface area contributed by atoms with Crippen molar-refractivity contribution in [3.05, 3.63) is 42.0 Å². The SMILES string of the molecule is CNc1cncc(C[C@H]2COCCN(Cc3cccnc3NC)C2)n1. The number of ether oxygens (including phenoxy) is 1. The Morgan fingerprint density at radius 3 is 3.04 bits per heavy atom. The summed E-state index contributed by atoms with van der Waals surface area (Å²) >= 11 is 0. The highest BCUT2D eigenvalue weighted by Crippen LogP contribution is 2.18. The van der Waals surface area contributed by atoms with E-state index in [9.17, 15) is 0 Å². The molecule has 1 fully saturated rings. The van der Waals surface area contributed by atoms with Crippen molar-refractivity contribution in [2.24, 2.45) is 5.92 Å². The maximum atomic E-state index is 5.82. The lowest BCUT2D eigenvalue weighted by Crippen LogP contribution is -2.31. The van der Waals surface area contributed by atoms with E-state index in [0.717, 1.165) is 56.6 Å². The lowest BCUT2D eigenvalue weighted by atomic mass is 10.0. The summed E-state index contributed by atoms with van der Waals surface area (Å²) in [5.74, 6) is 2.15. The molecule has 0 bridgehead atoms. The van der Waals surface area contributed by atoms with E-state index in [1.807, 2.05) is 32.6 Å². The van der Waals surface area contributed by atoms with E-state index in [4.69, 9.17) is 4.74 Å². The molecule has 2 N–H and O–H groups in total. The Morgan fingerprint density at radius 1 is 1.28 bits per heavy atom. The zero-order valence-corrected chi connectivity index (χ0v) is 14.9. The molecule has 25 heavy (non-hydrogen) atoms. The van der Waals surface area contributed by atoms with Gasteiger partial charge in [-0.3, -0.25) is 9.88 Å². The summed E-state index contributed by atoms with van der Waals surface area (Å²) in [6.45, 7) is 4.29. The average molecular weight is 342 g/mol. The average Bonchev–Trinajstić information content (AvgIpc) is 2.87. The van der Waals surface area contributed by atoms with Crippen LogP contribution in [0.3, 0.4) is 0 Å². The van der Waals surface area contributed by atoms with Gasteiger partial charge in [-0.25, -0.2) is 9.97 Å². The molecule has 0 amide bonds. The number of anilines is 2. The maximum absolute atomic E-state index is 5.82. The summed E-state index contributed by atoms with van der Waals surface area (Å²) in [5.41, 5.74) is 2.21. The molecule has 0 radical (unpaired) electrons. The van der Waals surface area contributed by atoms with Crippen LogP contribution < -0.4 is 10.6 Å². The van der Waals surface area contributed by atoms with Gasteiger partial charge < -0.3 is 15.4 Å². The lowest BCUT2D eigenvalue weighted by Gasteiger charge is -2.24. The van der Waals surface area contributed by atoms with Crippen molar-refractivity contribution in [3.63, 3.8) is 0 Å². The van der Waals surface area contributed by atoms with Gasteiger partial charge in [-0.2, -0.15) is 0 Å². The van der Waals surface area contributed by atoms with E-state index < -0.39 is 0 Å². The highest BCUT2D eigenvalue weighted by atomic mass is 16.5. The Kier molecular flexibility index (Phi) is 6.14. The summed E-state index contributed by atoms with van der Waals surface area (Å²) in [7, 11) is 3.77. The number of aromatic nitrogens is 3. The fourth-order valence-corrected chi connectivity index (χ4v) is 3.17. The van der Waals surface area contributed by atoms with Gasteiger partial charge in [0.2, 0.25) is 0 Å². The Labute approximate surface area is 148 Å². The van der Waals surface area contributed by atoms with E-state index >= 15 is 0 Å². The van der Waals surface area contributed by atoms with Crippen LogP contribution in [0.1, 0.15) is 11.3 Å². The van der Waals surface area contributed by atoms with Crippen LogP contribution in [0.5, 0.6) is 0 Å². The standard InChI is InChI=1S/C18H26N6O/c1-19-17-10-21-9-16(23-17)8-14-11-24(6-7-25-13-14)12-15-4-3-5-22-18(15)20-2/h3-5,9-10,14H,6-8,11-13H2,1-2H3,(H,19,23)(H,20,22)/t14-/m1/s1. The van der Waals surface area contributed by atoms with Crippen molar-refractivity contribution < 1.29 is 4.74 Å². The van der Waals surface area contributed by atoms with Crippen LogP contribution in [0.25, 0.3) is 0 Å². The molecule has 2 aromatic heterocycles. The van der Waals surface area contributed by atoms with Gasteiger partial charge >= 0.3 is 0 Å². The van der Waals surface area contributed by atoms with Gasteiger partial charge in [0.15, 0.2) is 0 Å². The molecule has 1 aliphatic rings. The monoisotopic (exact) mass is 342 g/mol. The van der Waals surface area contributed by atoms with Crippen LogP contribution in [0.15, 0.2) is 30.7 Å². The summed E-state index contributed by atoms with van der Waals surface area (Å²) < 4.78 is 5.82. The Balaban J connectivity index is 1.66. The van der Waals surface area contributed by atoms with Crippen molar-refractivity contribution in [2.75, 3.05) is 51.0 Å². The van der Waals surface area contributed by atoms with Gasteiger partial charge in [0.05, 0.1) is 25.1 Å². The first-order chi connectivity index (χ1) is 12.3. The maximum Gasteiger partial charge on any atom is 0.144 e. The fourth-order valence-electron chi connectivity index (χ4n) is 3.17. The first-order valence-corrected chi connectivity index (χ1v) is 8.69. The molecular weight excluding hydrogens is 316 g/mol. The van der Waals surface area contributed by atoms with Crippen LogP contribution in [0.2, 0.25) is 0 Å². The van der Waals surface area contributed by atoms with Crippen LogP contribution >= 0.6 is 0 Å². The Hall–Kier alpha value is -2.25. The molecule has 0 unspecified atom stereocenters. The zero-order valence-electron chi connectivity index (χ0n) is 14.9. The molecule has 3 rings (SSSR count). The number of rotatable bonds is 6. The third kappa shape index (κ3) is 4.87. The zero-order chi connectivity index (χ0) is 17.5. The molecule has 0 aromatic carbocycles. The Morgan fingerprint density at radius 2 is 2.20 bits per heavy atom. The minimum Gasteiger partial charge on any atom is -0.380 e. The first kappa shape index (κ1) is 17.6. The smallest absolute Gasteiger partial charge is 0.144 e. The van der Waals surface area contributed by atoms with Gasteiger partial charge in [-0.15, -0.1) is 0 Å². The van der Waals surface area contributed by atoms with Gasteiger partial charge in [0, 0.05) is 57.6 Å². The molecule has 3 heterocycles. The Bertz CT molecular complexity index is 680. The molecule has 1 aliphatic heterocycles. The second-order valence-corrected chi connectivity index (χ2v) is 6.29. The molecule has 0 aliphatic carbocycles. The van der Waals surface area contributed by atoms with E-state index in [1.165, 1.54) is 5.56 Å². The van der Waals surface area contributed by atoms with E-state index in [1.54, 1.807) is 6.20 Å². The molecule has 134 valence electrons. The van der Waals surface area contributed by atoms with Gasteiger partial charge in [0.25, 0.3) is 0 Å². The third-order valence-electron chi connectivity index (χ3n) is 4.38. The second kappa shape index (κ2) is 8.73. The molecule has 7 heteroatoms. The largest absolute Gasteiger partial charge is 0.380 e. The predicted octanol–water partition coefficient (Wildman–Crippen LogP) is 1.65. The molecule has 1 atom stereocenters. The topological polar surface area (TPSA) is 75.2 Å². The second-order valence-electron chi connectivity index (χ2n) is 6.29. The van der Waals surface area contributed by atoms with Crippen molar-refractivity contribution in [1.29, 1.82) is 0 Å². The van der Waals surface area contributed by atoms with Crippen LogP contribution in [-0.2, 0) is 17.7 Å². The number of hydrogen-bond donors (Lipinski definition) is 2. The van der Waals surface area contributed by atoms with E-state index in [-0.39, 0.29) is 0 Å². The molecular formula is C18H26N6O. The van der Waals surface area contributed by atoms with Gasteiger partial charge in [-0.05, 0) is 12.5 Å². The summed E-state index contributed by atoms with van der Waals surface area (Å²) in [6.07, 6.45) is 6.26. The predicted molar refractivity (Wildman–Crippen MR) is 98.7 cm³/mol. The van der Waals surface area contributed by atoms with Crippen LogP contribution in [0, 0.1) is 5.92 Å². The lowest BCUT2D eigenvalue weighted by molar-refractivity contribution is 0.121. The molecule has 0 saturated carbocycles. The summed E-state index contributed by atoms with van der Waals surface area (Å²) in [6, 6.07) is 4.11. The quantitative estimate of drug-likeness (QED) is 0.826. The van der Waals surface area contributed by atoms with Crippen LogP contribution in [0.4, 0.5) is 11.6 Å². The van der Waals surface area contributed by atoms with E-state index in [2.05, 4.69) is 36.6 Å². The molecule has 7 nitrogen and oxygen atoms in total. The minimum absolute atomic E-state index is 0.401. The van der Waals surface area contributed by atoms with Crippen molar-refractivity contribution >= 4 is 11.6 Å². The minimum atomic E-state index is 0.401. The summed E-state index contributed by atoms with van der Waals surface area (Å²) in [5, 5.41) is 6.21. The number of hydrogen-bond acceptors (Lipinski definition) is 7. The number of pyridine rings is 1. The molecule has 0 spiro atoms. The molecule has 2 aromatic rings. The van der Waals surface area contributed by atoms with Crippen molar-refractivity contribution in [2.45, 2.75) is 13.0 Å². The van der Waals surface area contributed by atoms with Gasteiger partial charge in [0.1, 0.15) is 11.6 Å². The molecule has 1 saturated heterocycles.